The molecule has 0 radical (unpaired) electrons. The molecule has 1 heterocycles. The summed E-state index contributed by atoms with van der Waals surface area (Å²) >= 11 is 0. The monoisotopic (exact) mass is 529 g/mol. The number of hydrogen-bond acceptors (Lipinski definition) is 7. The lowest BCUT2D eigenvalue weighted by atomic mass is 10.0. The fourth-order valence-corrected chi connectivity index (χ4v) is 5.50. The highest BCUT2D eigenvalue weighted by molar-refractivity contribution is 7.92. The number of ether oxygens (including phenoxy) is 1. The van der Waals surface area contributed by atoms with Crippen LogP contribution in [0.1, 0.15) is 27.0 Å². The number of nitrogens with zero attached hydrogens (tertiary/aromatic N) is 1. The summed E-state index contributed by atoms with van der Waals surface area (Å²) in [6, 6.07) is 18.0. The lowest BCUT2D eigenvalue weighted by Crippen LogP contribution is -2.30. The summed E-state index contributed by atoms with van der Waals surface area (Å²) in [5, 5.41) is 0. The Balaban J connectivity index is 1.75. The summed E-state index contributed by atoms with van der Waals surface area (Å²) in [4.78, 5) is 24.6. The molecule has 36 heavy (non-hydrogen) atoms. The number of hydrogen-bond donors (Lipinski definition) is 2. The molecule has 0 saturated carbocycles. The van der Waals surface area contributed by atoms with Gasteiger partial charge < -0.3 is 4.74 Å². The molecular weight excluding hydrogens is 506 g/mol. The molecule has 1 saturated heterocycles. The van der Waals surface area contributed by atoms with Crippen molar-refractivity contribution >= 4 is 43.5 Å². The van der Waals surface area contributed by atoms with Gasteiger partial charge in [-0.05, 0) is 54.8 Å². The van der Waals surface area contributed by atoms with Crippen LogP contribution in [0.3, 0.4) is 0 Å². The standard InChI is InChI=1S/C24H23N3O7S2/c1-16-8-10-20(25-35(2,30)31)19(12-16)13-17-9-11-21(27-15-23(28)26-36(27,32)33)22(14-17)34-24(29)18-6-4-3-5-7-18/h3-12,14,25H,13,15H2,1-2H3,(H,26,28). The van der Waals surface area contributed by atoms with E-state index < -0.39 is 38.7 Å². The summed E-state index contributed by atoms with van der Waals surface area (Å²) in [6.45, 7) is 1.41. The molecule has 4 rings (SSSR count). The maximum Gasteiger partial charge on any atom is 0.343 e. The second-order valence-corrected chi connectivity index (χ2v) is 11.6. The number of anilines is 2. The summed E-state index contributed by atoms with van der Waals surface area (Å²) < 4.78 is 59.4. The van der Waals surface area contributed by atoms with Gasteiger partial charge in [0.2, 0.25) is 10.0 Å². The van der Waals surface area contributed by atoms with Gasteiger partial charge in [0.05, 0.1) is 23.2 Å². The Bertz CT molecular complexity index is 1550. The van der Waals surface area contributed by atoms with Crippen LogP contribution >= 0.6 is 0 Å². The van der Waals surface area contributed by atoms with E-state index in [1.165, 1.54) is 12.1 Å². The van der Waals surface area contributed by atoms with Crippen LogP contribution in [0, 0.1) is 6.92 Å². The largest absolute Gasteiger partial charge is 0.421 e. The van der Waals surface area contributed by atoms with Crippen molar-refractivity contribution in [2.24, 2.45) is 0 Å². The number of benzene rings is 3. The number of carbonyl (C=O) groups is 2. The number of rotatable bonds is 7. The third kappa shape index (κ3) is 5.83. The SMILES string of the molecule is Cc1ccc(NS(C)(=O)=O)c(Cc2ccc(N3CC(=O)NS3(=O)=O)c(OC(=O)c3ccccc3)c2)c1. The number of aryl methyl sites for hydroxylation is 1. The first-order chi connectivity index (χ1) is 16.9. The molecule has 0 unspecified atom stereocenters. The minimum atomic E-state index is -4.15. The van der Waals surface area contributed by atoms with Gasteiger partial charge in [0.15, 0.2) is 5.75 Å². The van der Waals surface area contributed by atoms with Gasteiger partial charge in [-0.1, -0.05) is 42.0 Å². The van der Waals surface area contributed by atoms with Gasteiger partial charge in [-0.25, -0.2) is 22.2 Å². The fourth-order valence-electron chi connectivity index (χ4n) is 3.74. The van der Waals surface area contributed by atoms with E-state index in [1.807, 2.05) is 17.7 Å². The molecule has 12 heteroatoms. The molecule has 1 aliphatic heterocycles. The molecule has 10 nitrogen and oxygen atoms in total. The Hall–Kier alpha value is -3.90. The predicted molar refractivity (Wildman–Crippen MR) is 135 cm³/mol. The lowest BCUT2D eigenvalue weighted by Gasteiger charge is -2.19. The molecule has 1 amide bonds. The number of amides is 1. The first-order valence-electron chi connectivity index (χ1n) is 10.7. The van der Waals surface area contributed by atoms with Crippen molar-refractivity contribution in [2.75, 3.05) is 21.8 Å². The molecule has 3 aromatic carbocycles. The smallest absolute Gasteiger partial charge is 0.343 e. The van der Waals surface area contributed by atoms with Crippen LogP contribution in [0.2, 0.25) is 0 Å². The zero-order valence-corrected chi connectivity index (χ0v) is 21.0. The van der Waals surface area contributed by atoms with E-state index in [0.29, 0.717) is 16.8 Å². The molecule has 0 aromatic heterocycles. The molecule has 0 aliphatic carbocycles. The number of carbonyl (C=O) groups excluding carboxylic acids is 2. The van der Waals surface area contributed by atoms with Crippen molar-refractivity contribution in [1.82, 2.24) is 4.72 Å². The van der Waals surface area contributed by atoms with Crippen molar-refractivity contribution in [3.8, 4) is 5.75 Å². The molecule has 0 bridgehead atoms. The zero-order valence-electron chi connectivity index (χ0n) is 19.4. The zero-order chi connectivity index (χ0) is 26.1. The summed E-state index contributed by atoms with van der Waals surface area (Å²) in [6.07, 6.45) is 1.30. The van der Waals surface area contributed by atoms with Crippen LogP contribution in [0.5, 0.6) is 5.75 Å². The van der Waals surface area contributed by atoms with Crippen LogP contribution in [0.15, 0.2) is 66.7 Å². The van der Waals surface area contributed by atoms with Gasteiger partial charge in [0, 0.05) is 0 Å². The third-order valence-electron chi connectivity index (χ3n) is 5.28. The predicted octanol–water partition coefficient (Wildman–Crippen LogP) is 2.36. The second-order valence-electron chi connectivity index (χ2n) is 8.31. The first kappa shape index (κ1) is 25.2. The molecular formula is C24H23N3O7S2. The van der Waals surface area contributed by atoms with Gasteiger partial charge in [-0.2, -0.15) is 8.42 Å². The quantitative estimate of drug-likeness (QED) is 0.354. The minimum absolute atomic E-state index is 0.0140. The van der Waals surface area contributed by atoms with E-state index in [1.54, 1.807) is 48.5 Å². The molecule has 2 N–H and O–H groups in total. The van der Waals surface area contributed by atoms with Gasteiger partial charge in [-0.15, -0.1) is 0 Å². The highest BCUT2D eigenvalue weighted by Gasteiger charge is 2.36. The second kappa shape index (κ2) is 9.63. The summed E-state index contributed by atoms with van der Waals surface area (Å²) in [7, 11) is -7.68. The van der Waals surface area contributed by atoms with Crippen LogP contribution in [-0.2, 0) is 31.4 Å². The van der Waals surface area contributed by atoms with Crippen molar-refractivity contribution in [3.05, 3.63) is 89.0 Å². The Morgan fingerprint density at radius 1 is 1.08 bits per heavy atom. The van der Waals surface area contributed by atoms with E-state index in [-0.39, 0.29) is 23.4 Å². The number of sulfonamides is 1. The van der Waals surface area contributed by atoms with E-state index in [0.717, 1.165) is 16.1 Å². The maximum atomic E-state index is 12.8. The van der Waals surface area contributed by atoms with Crippen LogP contribution < -0.4 is 18.5 Å². The molecule has 188 valence electrons. The van der Waals surface area contributed by atoms with Crippen molar-refractivity contribution in [1.29, 1.82) is 0 Å². The first-order valence-corrected chi connectivity index (χ1v) is 14.1. The normalized spacial score (nSPS) is 14.8. The van der Waals surface area contributed by atoms with Crippen molar-refractivity contribution in [3.63, 3.8) is 0 Å². The van der Waals surface area contributed by atoms with Gasteiger partial charge >= 0.3 is 16.2 Å². The highest BCUT2D eigenvalue weighted by atomic mass is 32.2. The van der Waals surface area contributed by atoms with E-state index in [4.69, 9.17) is 4.74 Å². The van der Waals surface area contributed by atoms with Gasteiger partial charge in [0.25, 0.3) is 5.91 Å². The molecule has 1 fully saturated rings. The average molecular weight is 530 g/mol. The summed E-state index contributed by atoms with van der Waals surface area (Å²) in [5.74, 6) is -1.48. The Kier molecular flexibility index (Phi) is 6.74. The Morgan fingerprint density at radius 2 is 1.81 bits per heavy atom. The Labute approximate surface area is 209 Å². The molecule has 1 aliphatic rings. The van der Waals surface area contributed by atoms with E-state index in [9.17, 15) is 26.4 Å². The topological polar surface area (TPSA) is 139 Å². The van der Waals surface area contributed by atoms with E-state index >= 15 is 0 Å². The lowest BCUT2D eigenvalue weighted by molar-refractivity contribution is -0.117. The van der Waals surface area contributed by atoms with Gasteiger partial charge in [0.1, 0.15) is 6.54 Å². The fraction of sp³-hybridized carbons (Fsp3) is 0.167. The van der Waals surface area contributed by atoms with Crippen LogP contribution in [0.4, 0.5) is 11.4 Å². The van der Waals surface area contributed by atoms with Crippen molar-refractivity contribution < 1.29 is 31.2 Å². The Morgan fingerprint density at radius 3 is 2.44 bits per heavy atom. The minimum Gasteiger partial charge on any atom is -0.421 e. The molecule has 0 atom stereocenters. The number of esters is 1. The highest BCUT2D eigenvalue weighted by Crippen LogP contribution is 2.34. The summed E-state index contributed by atoms with van der Waals surface area (Å²) in [5.41, 5.74) is 2.86. The molecule has 0 spiro atoms. The van der Waals surface area contributed by atoms with E-state index in [2.05, 4.69) is 4.72 Å². The average Bonchev–Trinajstić information content (AvgIpc) is 3.07. The van der Waals surface area contributed by atoms with Crippen LogP contribution in [-0.4, -0.2) is 41.5 Å². The van der Waals surface area contributed by atoms with Crippen molar-refractivity contribution in [2.45, 2.75) is 13.3 Å². The van der Waals surface area contributed by atoms with Gasteiger partial charge in [-0.3, -0.25) is 9.52 Å². The number of nitrogens with one attached hydrogen (secondary N) is 2. The third-order valence-corrected chi connectivity index (χ3v) is 7.26. The molecule has 3 aromatic rings. The van der Waals surface area contributed by atoms with Crippen LogP contribution in [0.25, 0.3) is 0 Å². The maximum absolute atomic E-state index is 12.8.